The average Bonchev–Trinajstić information content (AvgIpc) is 3.84. The van der Waals surface area contributed by atoms with E-state index in [1.807, 2.05) is 0 Å². The van der Waals surface area contributed by atoms with E-state index in [9.17, 15) is 0 Å². The molecule has 3 aromatic heterocycles. The molecule has 0 radical (unpaired) electrons. The maximum atomic E-state index is 2.47. The van der Waals surface area contributed by atoms with Crippen molar-refractivity contribution in [2.24, 2.45) is 0 Å². The van der Waals surface area contributed by atoms with Crippen LogP contribution in [-0.4, -0.2) is 13.7 Å². The first kappa shape index (κ1) is 28.0. The summed E-state index contributed by atoms with van der Waals surface area (Å²) in [4.78, 5) is 0. The van der Waals surface area contributed by atoms with Gasteiger partial charge in [-0.15, -0.1) is 0 Å². The third-order valence-electron chi connectivity index (χ3n) is 10.6. The number of para-hydroxylation sites is 5. The van der Waals surface area contributed by atoms with Crippen molar-refractivity contribution < 1.29 is 0 Å². The third-order valence-corrected chi connectivity index (χ3v) is 10.6. The highest BCUT2D eigenvalue weighted by Crippen LogP contribution is 2.41. The summed E-state index contributed by atoms with van der Waals surface area (Å²) in [7, 11) is 0. The average molecular weight is 650 g/mol. The molecule has 238 valence electrons. The quantitative estimate of drug-likeness (QED) is 0.180. The molecular weight excluding hydrogens is 619 g/mol. The first-order chi connectivity index (χ1) is 25.3. The van der Waals surface area contributed by atoms with Crippen molar-refractivity contribution in [2.75, 3.05) is 0 Å². The number of aromatic nitrogens is 3. The van der Waals surface area contributed by atoms with Crippen molar-refractivity contribution in [1.29, 1.82) is 0 Å². The number of hydrogen-bond acceptors (Lipinski definition) is 0. The molecule has 3 heterocycles. The first-order valence-corrected chi connectivity index (χ1v) is 17.5. The van der Waals surface area contributed by atoms with Crippen LogP contribution in [-0.2, 0) is 0 Å². The van der Waals surface area contributed by atoms with E-state index in [2.05, 4.69) is 202 Å². The van der Waals surface area contributed by atoms with Gasteiger partial charge in [-0.3, -0.25) is 0 Å². The van der Waals surface area contributed by atoms with Gasteiger partial charge in [0.2, 0.25) is 0 Å². The number of hydrogen-bond donors (Lipinski definition) is 0. The molecule has 0 aliphatic rings. The van der Waals surface area contributed by atoms with Crippen molar-refractivity contribution in [3.05, 3.63) is 188 Å². The fourth-order valence-electron chi connectivity index (χ4n) is 8.46. The van der Waals surface area contributed by atoms with Gasteiger partial charge in [-0.1, -0.05) is 127 Å². The summed E-state index contributed by atoms with van der Waals surface area (Å²) in [5.41, 5.74) is 13.1. The predicted octanol–water partition coefficient (Wildman–Crippen LogP) is 12.6. The van der Waals surface area contributed by atoms with E-state index < -0.39 is 0 Å². The Labute approximate surface area is 294 Å². The molecule has 11 rings (SSSR count). The normalized spacial score (nSPS) is 11.9. The monoisotopic (exact) mass is 649 g/mol. The van der Waals surface area contributed by atoms with Crippen LogP contribution in [0.2, 0.25) is 0 Å². The highest BCUT2D eigenvalue weighted by Gasteiger charge is 2.21. The van der Waals surface area contributed by atoms with Gasteiger partial charge in [-0.05, 0) is 71.8 Å². The Morgan fingerprint density at radius 3 is 1.41 bits per heavy atom. The SMILES string of the molecule is c1ccc(-c2cccc(-n3c4ccccc4c4cccc(-n5c6ccccc6c6cc(-n7c8ccccc8c8ccccc87)ccc65)c43)c2)cc1. The Kier molecular flexibility index (Phi) is 5.96. The van der Waals surface area contributed by atoms with E-state index in [0.717, 1.165) is 17.1 Å². The van der Waals surface area contributed by atoms with Crippen LogP contribution in [0.25, 0.3) is 93.6 Å². The van der Waals surface area contributed by atoms with Gasteiger partial charge >= 0.3 is 0 Å². The third kappa shape index (κ3) is 4.06. The van der Waals surface area contributed by atoms with Gasteiger partial charge in [0.1, 0.15) is 0 Å². The highest BCUT2D eigenvalue weighted by molar-refractivity contribution is 6.16. The van der Waals surface area contributed by atoms with Crippen LogP contribution in [0.5, 0.6) is 0 Å². The van der Waals surface area contributed by atoms with Crippen molar-refractivity contribution in [2.45, 2.75) is 0 Å². The molecule has 0 spiro atoms. The molecule has 51 heavy (non-hydrogen) atoms. The fraction of sp³-hybridized carbons (Fsp3) is 0. The number of nitrogens with zero attached hydrogens (tertiary/aromatic N) is 3. The van der Waals surface area contributed by atoms with Gasteiger partial charge < -0.3 is 13.7 Å². The van der Waals surface area contributed by atoms with E-state index in [4.69, 9.17) is 0 Å². The molecular formula is C48H31N3. The van der Waals surface area contributed by atoms with Gasteiger partial charge in [0.15, 0.2) is 0 Å². The van der Waals surface area contributed by atoms with Crippen molar-refractivity contribution in [3.8, 4) is 28.2 Å². The zero-order valence-electron chi connectivity index (χ0n) is 27.7. The zero-order chi connectivity index (χ0) is 33.5. The predicted molar refractivity (Wildman–Crippen MR) is 215 cm³/mol. The Balaban J connectivity index is 1.21. The summed E-state index contributed by atoms with van der Waals surface area (Å²) in [6.45, 7) is 0. The Morgan fingerprint density at radius 2 is 0.725 bits per heavy atom. The van der Waals surface area contributed by atoms with Crippen molar-refractivity contribution in [1.82, 2.24) is 13.7 Å². The lowest BCUT2D eigenvalue weighted by molar-refractivity contribution is 1.13. The highest BCUT2D eigenvalue weighted by atomic mass is 15.1. The number of fused-ring (bicyclic) bond motifs is 9. The van der Waals surface area contributed by atoms with Crippen LogP contribution in [0.4, 0.5) is 0 Å². The summed E-state index contributed by atoms with van der Waals surface area (Å²) in [6.07, 6.45) is 0. The lowest BCUT2D eigenvalue weighted by atomic mass is 10.1. The van der Waals surface area contributed by atoms with Crippen LogP contribution in [0.15, 0.2) is 188 Å². The maximum absolute atomic E-state index is 2.47. The van der Waals surface area contributed by atoms with Crippen molar-refractivity contribution >= 4 is 65.4 Å². The van der Waals surface area contributed by atoms with Gasteiger partial charge in [0.05, 0.1) is 38.8 Å². The largest absolute Gasteiger partial charge is 0.309 e. The Bertz CT molecular complexity index is 3080. The minimum Gasteiger partial charge on any atom is -0.309 e. The van der Waals surface area contributed by atoms with Gasteiger partial charge in [0.25, 0.3) is 0 Å². The Morgan fingerprint density at radius 1 is 0.255 bits per heavy atom. The van der Waals surface area contributed by atoms with E-state index >= 15 is 0 Å². The second kappa shape index (κ2) is 10.8. The fourth-order valence-corrected chi connectivity index (χ4v) is 8.46. The molecule has 0 N–H and O–H groups in total. The van der Waals surface area contributed by atoms with E-state index in [0.29, 0.717) is 0 Å². The maximum Gasteiger partial charge on any atom is 0.0782 e. The summed E-state index contributed by atoms with van der Waals surface area (Å²) in [5.74, 6) is 0. The molecule has 0 fully saturated rings. The number of rotatable bonds is 4. The van der Waals surface area contributed by atoms with Gasteiger partial charge in [-0.2, -0.15) is 0 Å². The molecule has 3 heteroatoms. The van der Waals surface area contributed by atoms with E-state index in [-0.39, 0.29) is 0 Å². The summed E-state index contributed by atoms with van der Waals surface area (Å²) in [5, 5.41) is 7.49. The van der Waals surface area contributed by atoms with Crippen LogP contribution < -0.4 is 0 Å². The smallest absolute Gasteiger partial charge is 0.0782 e. The summed E-state index contributed by atoms with van der Waals surface area (Å²) >= 11 is 0. The molecule has 0 aliphatic carbocycles. The molecule has 0 bridgehead atoms. The van der Waals surface area contributed by atoms with Crippen LogP contribution in [0.1, 0.15) is 0 Å². The molecule has 0 saturated carbocycles. The van der Waals surface area contributed by atoms with Gasteiger partial charge in [0, 0.05) is 43.7 Å². The van der Waals surface area contributed by atoms with Gasteiger partial charge in [-0.25, -0.2) is 0 Å². The Hall–Kier alpha value is -6.84. The molecule has 0 amide bonds. The minimum atomic E-state index is 1.14. The molecule has 3 nitrogen and oxygen atoms in total. The van der Waals surface area contributed by atoms with Crippen LogP contribution in [0, 0.1) is 0 Å². The number of benzene rings is 8. The molecule has 8 aromatic carbocycles. The first-order valence-electron chi connectivity index (χ1n) is 17.5. The molecule has 0 unspecified atom stereocenters. The van der Waals surface area contributed by atoms with Crippen molar-refractivity contribution in [3.63, 3.8) is 0 Å². The lowest BCUT2D eigenvalue weighted by Gasteiger charge is -2.15. The second-order valence-corrected chi connectivity index (χ2v) is 13.4. The molecule has 0 saturated heterocycles. The standard InChI is InChI=1S/C48H31N3/c1-2-14-32(15-3-1)33-16-12-17-34(30-33)50-44-25-10-6-20-38(44)40-22-13-27-47(48(40)50)51-45-26-11-7-21-39(45)41-31-35(28-29-46(41)51)49-42-23-8-4-18-36(42)37-19-5-9-24-43(37)49/h1-31H. The molecule has 0 atom stereocenters. The second-order valence-electron chi connectivity index (χ2n) is 13.4. The lowest BCUT2D eigenvalue weighted by Crippen LogP contribution is -2.01. The summed E-state index contributed by atoms with van der Waals surface area (Å²) < 4.78 is 7.34. The van der Waals surface area contributed by atoms with Crippen LogP contribution >= 0.6 is 0 Å². The van der Waals surface area contributed by atoms with E-state index in [1.54, 1.807) is 0 Å². The molecule has 11 aromatic rings. The van der Waals surface area contributed by atoms with Crippen LogP contribution in [0.3, 0.4) is 0 Å². The van der Waals surface area contributed by atoms with E-state index in [1.165, 1.54) is 76.5 Å². The topological polar surface area (TPSA) is 14.8 Å². The minimum absolute atomic E-state index is 1.14. The zero-order valence-corrected chi connectivity index (χ0v) is 27.7. The summed E-state index contributed by atoms with van der Waals surface area (Å²) in [6, 6.07) is 68.4. The molecule has 0 aliphatic heterocycles.